The molecule has 6 heteroatoms. The van der Waals surface area contributed by atoms with Crippen molar-refractivity contribution in [1.82, 2.24) is 19.6 Å². The van der Waals surface area contributed by atoms with Crippen LogP contribution in [0.5, 0.6) is 0 Å². The summed E-state index contributed by atoms with van der Waals surface area (Å²) in [6.07, 6.45) is 4.82. The summed E-state index contributed by atoms with van der Waals surface area (Å²) >= 11 is 12.1. The molecule has 0 aliphatic rings. The van der Waals surface area contributed by atoms with E-state index in [9.17, 15) is 0 Å². The van der Waals surface area contributed by atoms with Crippen LogP contribution in [-0.2, 0) is 20.5 Å². The van der Waals surface area contributed by atoms with Crippen molar-refractivity contribution in [2.45, 2.75) is 34.1 Å². The van der Waals surface area contributed by atoms with Crippen LogP contribution in [0.25, 0.3) is 21.8 Å². The number of aryl methyl sites for hydroxylation is 4. The summed E-state index contributed by atoms with van der Waals surface area (Å²) in [5.41, 5.74) is 4.31. The third-order valence-electron chi connectivity index (χ3n) is 4.08. The normalized spacial score (nSPS) is 10.4. The average molecular weight is 405 g/mol. The van der Waals surface area contributed by atoms with Crippen molar-refractivity contribution >= 4 is 45.0 Å². The third kappa shape index (κ3) is 4.82. The van der Waals surface area contributed by atoms with E-state index in [1.165, 1.54) is 11.1 Å². The van der Waals surface area contributed by atoms with Gasteiger partial charge in [0.05, 0.1) is 21.8 Å². The van der Waals surface area contributed by atoms with Gasteiger partial charge in [-0.25, -0.2) is 0 Å². The van der Waals surface area contributed by atoms with Gasteiger partial charge < -0.3 is 0 Å². The zero-order chi connectivity index (χ0) is 20.1. The third-order valence-corrected chi connectivity index (χ3v) is 4.65. The Balaban J connectivity index is 0.000000178. The lowest BCUT2D eigenvalue weighted by Crippen LogP contribution is -1.89. The Bertz CT molecular complexity index is 1050. The zero-order valence-corrected chi connectivity index (χ0v) is 18.2. The molecule has 2 aromatic carbocycles. The number of hydrogen-bond acceptors (Lipinski definition) is 2. The molecule has 2 heterocycles. The van der Waals surface area contributed by atoms with Crippen LogP contribution >= 0.6 is 23.2 Å². The van der Waals surface area contributed by atoms with E-state index in [1.807, 2.05) is 59.4 Å². The fourth-order valence-electron chi connectivity index (χ4n) is 2.88. The Kier molecular flexibility index (Phi) is 7.28. The number of fused-ring (bicyclic) bond motifs is 2. The maximum Gasteiger partial charge on any atom is 0.111 e. The number of rotatable bonds is 1. The second kappa shape index (κ2) is 9.25. The molecule has 4 nitrogen and oxygen atoms in total. The first-order chi connectivity index (χ1) is 12.9. The van der Waals surface area contributed by atoms with Crippen molar-refractivity contribution in [1.29, 1.82) is 0 Å². The molecule has 0 spiro atoms. The van der Waals surface area contributed by atoms with Crippen LogP contribution in [0.2, 0.25) is 10.0 Å². The highest BCUT2D eigenvalue weighted by Crippen LogP contribution is 2.25. The lowest BCUT2D eigenvalue weighted by Gasteiger charge is -1.98. The monoisotopic (exact) mass is 404 g/mol. The van der Waals surface area contributed by atoms with Crippen molar-refractivity contribution in [3.63, 3.8) is 0 Å². The highest BCUT2D eigenvalue weighted by Gasteiger charge is 2.05. The van der Waals surface area contributed by atoms with Crippen molar-refractivity contribution < 1.29 is 0 Å². The zero-order valence-electron chi connectivity index (χ0n) is 16.7. The Hall–Kier alpha value is -2.04. The fourth-order valence-corrected chi connectivity index (χ4v) is 3.57. The first-order valence-corrected chi connectivity index (χ1v) is 9.84. The molecule has 0 N–H and O–H groups in total. The predicted octanol–water partition coefficient (Wildman–Crippen LogP) is 6.35. The first-order valence-electron chi connectivity index (χ1n) is 9.08. The molecule has 0 unspecified atom stereocenters. The van der Waals surface area contributed by atoms with E-state index < -0.39 is 0 Å². The topological polar surface area (TPSA) is 35.6 Å². The molecule has 0 fully saturated rings. The molecule has 0 radical (unpaired) electrons. The smallest absolute Gasteiger partial charge is 0.111 e. The summed E-state index contributed by atoms with van der Waals surface area (Å²) in [6, 6.07) is 8.14. The molecule has 0 atom stereocenters. The van der Waals surface area contributed by atoms with E-state index in [4.69, 9.17) is 23.2 Å². The molecule has 0 amide bonds. The summed E-state index contributed by atoms with van der Waals surface area (Å²) in [7, 11) is 3.80. The van der Waals surface area contributed by atoms with Crippen LogP contribution < -0.4 is 0 Å². The summed E-state index contributed by atoms with van der Waals surface area (Å²) in [5, 5.41) is 12.1. The van der Waals surface area contributed by atoms with E-state index in [0.29, 0.717) is 0 Å². The quantitative estimate of drug-likeness (QED) is 0.370. The first kappa shape index (κ1) is 21.3. The Morgan fingerprint density at radius 3 is 2.33 bits per heavy atom. The van der Waals surface area contributed by atoms with Gasteiger partial charge in [0.1, 0.15) is 5.52 Å². The standard InChI is InChI=1S/C10H11ClN2.C9H9ClN2.C2H6/c1-3-7-4-8-6-13(2)12-10(8)9(11)5-7;1-6-3-7-5-11-12(2)9(7)8(10)4-6;1-2/h4-6H,3H2,1-2H3;3-5H,1-2H3;1-2H3. The van der Waals surface area contributed by atoms with Crippen molar-refractivity contribution in [2.75, 3.05) is 0 Å². The molecule has 0 aliphatic carbocycles. The average Bonchev–Trinajstić information content (AvgIpc) is 3.19. The Labute approximate surface area is 170 Å². The molecule has 0 aliphatic heterocycles. The number of hydrogen-bond donors (Lipinski definition) is 0. The van der Waals surface area contributed by atoms with Crippen LogP contribution in [0.1, 0.15) is 31.9 Å². The van der Waals surface area contributed by atoms with E-state index >= 15 is 0 Å². The highest BCUT2D eigenvalue weighted by molar-refractivity contribution is 6.35. The lowest BCUT2D eigenvalue weighted by atomic mass is 10.1. The highest BCUT2D eigenvalue weighted by atomic mass is 35.5. The van der Waals surface area contributed by atoms with E-state index in [-0.39, 0.29) is 0 Å². The molecular formula is C21H26Cl2N4. The van der Waals surface area contributed by atoms with Gasteiger partial charge in [-0.3, -0.25) is 9.36 Å². The molecule has 4 rings (SSSR count). The van der Waals surface area contributed by atoms with Crippen LogP contribution in [-0.4, -0.2) is 19.6 Å². The summed E-state index contributed by atoms with van der Waals surface area (Å²) < 4.78 is 3.58. The lowest BCUT2D eigenvalue weighted by molar-refractivity contribution is 0.780. The van der Waals surface area contributed by atoms with Gasteiger partial charge in [0.25, 0.3) is 0 Å². The van der Waals surface area contributed by atoms with Gasteiger partial charge in [-0.2, -0.15) is 10.2 Å². The molecule has 0 saturated heterocycles. The van der Waals surface area contributed by atoms with E-state index in [0.717, 1.165) is 38.3 Å². The number of benzene rings is 2. The minimum atomic E-state index is 0.745. The molecular weight excluding hydrogens is 379 g/mol. The van der Waals surface area contributed by atoms with Gasteiger partial charge >= 0.3 is 0 Å². The van der Waals surface area contributed by atoms with Gasteiger partial charge in [0, 0.05) is 31.1 Å². The molecule has 4 aromatic rings. The molecule has 27 heavy (non-hydrogen) atoms. The van der Waals surface area contributed by atoms with E-state index in [1.54, 1.807) is 9.36 Å². The van der Waals surface area contributed by atoms with Crippen LogP contribution in [0.15, 0.2) is 36.7 Å². The molecule has 2 aromatic heterocycles. The number of nitrogens with zero attached hydrogens (tertiary/aromatic N) is 4. The fraction of sp³-hybridized carbons (Fsp3) is 0.333. The van der Waals surface area contributed by atoms with Gasteiger partial charge in [0.15, 0.2) is 0 Å². The van der Waals surface area contributed by atoms with Gasteiger partial charge in [-0.05, 0) is 48.7 Å². The predicted molar refractivity (Wildman–Crippen MR) is 117 cm³/mol. The van der Waals surface area contributed by atoms with Crippen LogP contribution in [0.4, 0.5) is 0 Å². The largest absolute Gasteiger partial charge is 0.275 e. The maximum absolute atomic E-state index is 6.08. The molecule has 0 saturated carbocycles. The second-order valence-electron chi connectivity index (χ2n) is 6.12. The Morgan fingerprint density at radius 2 is 1.67 bits per heavy atom. The van der Waals surface area contributed by atoms with E-state index in [2.05, 4.69) is 29.3 Å². The van der Waals surface area contributed by atoms with Gasteiger partial charge in [-0.1, -0.05) is 44.0 Å². The minimum absolute atomic E-state index is 0.745. The van der Waals surface area contributed by atoms with Gasteiger partial charge in [-0.15, -0.1) is 0 Å². The number of halogens is 2. The SMILES string of the molecule is CC.CCc1cc(Cl)c2nn(C)cc2c1.Cc1cc(Cl)c2c(cnn2C)c1. The second-order valence-corrected chi connectivity index (χ2v) is 6.94. The molecule has 0 bridgehead atoms. The van der Waals surface area contributed by atoms with Crippen molar-refractivity contribution in [3.05, 3.63) is 57.8 Å². The van der Waals surface area contributed by atoms with Crippen LogP contribution in [0, 0.1) is 6.92 Å². The maximum atomic E-state index is 6.08. The minimum Gasteiger partial charge on any atom is -0.275 e. The Morgan fingerprint density at radius 1 is 0.963 bits per heavy atom. The molecule has 144 valence electrons. The van der Waals surface area contributed by atoms with Crippen molar-refractivity contribution in [2.24, 2.45) is 14.1 Å². The summed E-state index contributed by atoms with van der Waals surface area (Å²) in [6.45, 7) is 8.15. The van der Waals surface area contributed by atoms with Crippen LogP contribution in [0.3, 0.4) is 0 Å². The number of aromatic nitrogens is 4. The van der Waals surface area contributed by atoms with Gasteiger partial charge in [0.2, 0.25) is 0 Å². The van der Waals surface area contributed by atoms with Crippen molar-refractivity contribution in [3.8, 4) is 0 Å². The summed E-state index contributed by atoms with van der Waals surface area (Å²) in [4.78, 5) is 0. The summed E-state index contributed by atoms with van der Waals surface area (Å²) in [5.74, 6) is 0.